The third-order valence-corrected chi connectivity index (χ3v) is 5.28. The molecule has 0 radical (unpaired) electrons. The van der Waals surface area contributed by atoms with E-state index in [2.05, 4.69) is 0 Å². The second kappa shape index (κ2) is 10.5. The van der Waals surface area contributed by atoms with Gasteiger partial charge >= 0.3 is 0 Å². The summed E-state index contributed by atoms with van der Waals surface area (Å²) in [5.74, 6) is 0.0888. The van der Waals surface area contributed by atoms with Crippen LogP contribution in [0.15, 0.2) is 24.3 Å². The fourth-order valence-corrected chi connectivity index (χ4v) is 3.55. The molecule has 5 heteroatoms. The molecule has 2 rings (SSSR count). The maximum Gasteiger partial charge on any atom is 0.239 e. The number of hydrogen-bond acceptors (Lipinski definition) is 3. The Labute approximate surface area is 163 Å². The molecule has 0 saturated heterocycles. The number of benzene rings is 1. The highest BCUT2D eigenvalue weighted by Gasteiger charge is 2.24. The zero-order valence-corrected chi connectivity index (χ0v) is 17.1. The minimum absolute atomic E-state index is 0.00565. The molecule has 1 aromatic carbocycles. The molecule has 0 bridgehead atoms. The molecule has 1 heterocycles. The van der Waals surface area contributed by atoms with Crippen LogP contribution in [0.1, 0.15) is 64.9 Å². The van der Waals surface area contributed by atoms with E-state index in [0.717, 1.165) is 56.4 Å². The first-order valence-electron chi connectivity index (χ1n) is 10.4. The van der Waals surface area contributed by atoms with E-state index >= 15 is 0 Å². The normalized spacial score (nSPS) is 17.7. The summed E-state index contributed by atoms with van der Waals surface area (Å²) < 4.78 is 0. The van der Waals surface area contributed by atoms with Gasteiger partial charge in [-0.2, -0.15) is 0 Å². The molecule has 1 aliphatic heterocycles. The van der Waals surface area contributed by atoms with Crippen LogP contribution in [0, 0.1) is 5.92 Å². The number of carbonyl (C=O) groups excluding carboxylic acids is 2. The van der Waals surface area contributed by atoms with Crippen molar-refractivity contribution in [1.29, 1.82) is 0 Å². The van der Waals surface area contributed by atoms with Crippen LogP contribution in [-0.2, 0) is 16.1 Å². The predicted octanol–water partition coefficient (Wildman–Crippen LogP) is 3.71. The Morgan fingerprint density at radius 3 is 2.30 bits per heavy atom. The molecule has 0 spiro atoms. The molecule has 1 aromatic rings. The van der Waals surface area contributed by atoms with Crippen LogP contribution >= 0.6 is 0 Å². The lowest BCUT2D eigenvalue weighted by Gasteiger charge is -2.31. The van der Waals surface area contributed by atoms with Gasteiger partial charge in [0.1, 0.15) is 0 Å². The van der Waals surface area contributed by atoms with E-state index in [0.29, 0.717) is 13.0 Å². The van der Waals surface area contributed by atoms with Crippen molar-refractivity contribution in [3.05, 3.63) is 29.8 Å². The molecule has 0 fully saturated rings. The molecule has 2 amide bonds. The summed E-state index contributed by atoms with van der Waals surface area (Å²) in [6.45, 7) is 7.78. The van der Waals surface area contributed by atoms with E-state index in [9.17, 15) is 9.59 Å². The quantitative estimate of drug-likeness (QED) is 0.878. The Kier molecular flexibility index (Phi) is 8.29. The molecular weight excluding hydrogens is 338 g/mol. The smallest absolute Gasteiger partial charge is 0.239 e. The van der Waals surface area contributed by atoms with E-state index in [1.807, 2.05) is 54.8 Å². The molecule has 0 aromatic heterocycles. The van der Waals surface area contributed by atoms with Crippen molar-refractivity contribution in [2.75, 3.05) is 18.0 Å². The Morgan fingerprint density at radius 2 is 1.63 bits per heavy atom. The molecule has 0 aliphatic carbocycles. The van der Waals surface area contributed by atoms with Gasteiger partial charge in [0.2, 0.25) is 11.8 Å². The van der Waals surface area contributed by atoms with E-state index < -0.39 is 6.04 Å². The number of hydrogen-bond donors (Lipinski definition) is 1. The summed E-state index contributed by atoms with van der Waals surface area (Å²) in [6, 6.07) is 7.52. The molecule has 27 heavy (non-hydrogen) atoms. The number of carbonyl (C=O) groups is 2. The zero-order chi connectivity index (χ0) is 19.8. The summed E-state index contributed by atoms with van der Waals surface area (Å²) in [7, 11) is 0. The largest absolute Gasteiger partial charge is 0.337 e. The lowest BCUT2D eigenvalue weighted by atomic mass is 10.0. The maximum atomic E-state index is 12.9. The Morgan fingerprint density at radius 1 is 1.00 bits per heavy atom. The number of anilines is 1. The van der Waals surface area contributed by atoms with E-state index in [1.165, 1.54) is 0 Å². The molecule has 150 valence electrons. The number of amides is 2. The van der Waals surface area contributed by atoms with Gasteiger partial charge in [-0.1, -0.05) is 58.2 Å². The average molecular weight is 374 g/mol. The van der Waals surface area contributed by atoms with Crippen molar-refractivity contribution in [3.8, 4) is 0 Å². The van der Waals surface area contributed by atoms with Gasteiger partial charge in [0.05, 0.1) is 6.04 Å². The van der Waals surface area contributed by atoms with Crippen LogP contribution in [0.4, 0.5) is 5.69 Å². The fourth-order valence-electron chi connectivity index (χ4n) is 3.55. The standard InChI is InChI=1S/C22H35N3O2/c1-4-19(23)22(27)24-14-10-6-5-7-11-15-25(21(26)17(2)3)20-13-9-8-12-18(20)16-24/h8-9,12-13,17,19H,4-7,10-11,14-16,23H2,1-3H3/t19-/m0/s1. The van der Waals surface area contributed by atoms with E-state index in [4.69, 9.17) is 5.73 Å². The Hall–Kier alpha value is -1.88. The van der Waals surface area contributed by atoms with Crippen LogP contribution in [0.3, 0.4) is 0 Å². The van der Waals surface area contributed by atoms with Crippen molar-refractivity contribution < 1.29 is 9.59 Å². The second-order valence-corrected chi connectivity index (χ2v) is 7.82. The summed E-state index contributed by atoms with van der Waals surface area (Å²) >= 11 is 0. The summed E-state index contributed by atoms with van der Waals surface area (Å²) in [5.41, 5.74) is 7.99. The van der Waals surface area contributed by atoms with Gasteiger partial charge in [0.25, 0.3) is 0 Å². The number of nitrogens with two attached hydrogens (primary N) is 1. The molecule has 0 saturated carbocycles. The SMILES string of the molecule is CC[C@H](N)C(=O)N1CCCCCCCN(C(=O)C(C)C)c2ccccc2C1. The predicted molar refractivity (Wildman–Crippen MR) is 110 cm³/mol. The maximum absolute atomic E-state index is 12.9. The molecule has 0 unspecified atom stereocenters. The van der Waals surface area contributed by atoms with E-state index in [-0.39, 0.29) is 17.7 Å². The lowest BCUT2D eigenvalue weighted by molar-refractivity contribution is -0.133. The van der Waals surface area contributed by atoms with Crippen LogP contribution in [0.2, 0.25) is 0 Å². The Bertz CT molecular complexity index is 630. The number of para-hydroxylation sites is 1. The average Bonchev–Trinajstić information content (AvgIpc) is 2.66. The van der Waals surface area contributed by atoms with Gasteiger partial charge in [-0.15, -0.1) is 0 Å². The van der Waals surface area contributed by atoms with Gasteiger partial charge in [0.15, 0.2) is 0 Å². The molecule has 1 atom stereocenters. The minimum Gasteiger partial charge on any atom is -0.337 e. The first-order valence-corrected chi connectivity index (χ1v) is 10.4. The Balaban J connectivity index is 2.38. The van der Waals surface area contributed by atoms with Crippen molar-refractivity contribution in [3.63, 3.8) is 0 Å². The van der Waals surface area contributed by atoms with Gasteiger partial charge in [-0.05, 0) is 30.9 Å². The lowest BCUT2D eigenvalue weighted by Crippen LogP contribution is -2.44. The van der Waals surface area contributed by atoms with Crippen molar-refractivity contribution in [1.82, 2.24) is 4.90 Å². The highest BCUT2D eigenvalue weighted by Crippen LogP contribution is 2.26. The molecule has 2 N–H and O–H groups in total. The number of nitrogens with zero attached hydrogens (tertiary/aromatic N) is 2. The highest BCUT2D eigenvalue weighted by molar-refractivity contribution is 5.95. The summed E-state index contributed by atoms with van der Waals surface area (Å²) in [5, 5.41) is 0. The highest BCUT2D eigenvalue weighted by atomic mass is 16.2. The van der Waals surface area contributed by atoms with Crippen LogP contribution in [0.5, 0.6) is 0 Å². The summed E-state index contributed by atoms with van der Waals surface area (Å²) in [6.07, 6.45) is 5.98. The number of fused-ring (bicyclic) bond motifs is 1. The van der Waals surface area contributed by atoms with E-state index in [1.54, 1.807) is 0 Å². The van der Waals surface area contributed by atoms with Crippen molar-refractivity contribution in [2.45, 2.75) is 71.9 Å². The van der Waals surface area contributed by atoms with Gasteiger partial charge in [0, 0.05) is 31.2 Å². The van der Waals surface area contributed by atoms with Crippen LogP contribution < -0.4 is 10.6 Å². The number of rotatable bonds is 3. The second-order valence-electron chi connectivity index (χ2n) is 7.82. The third kappa shape index (κ3) is 5.80. The first kappa shape index (κ1) is 21.4. The molecular formula is C22H35N3O2. The molecule has 5 nitrogen and oxygen atoms in total. The molecule has 1 aliphatic rings. The van der Waals surface area contributed by atoms with Crippen LogP contribution in [0.25, 0.3) is 0 Å². The zero-order valence-electron chi connectivity index (χ0n) is 17.1. The van der Waals surface area contributed by atoms with Gasteiger partial charge in [-0.3, -0.25) is 9.59 Å². The monoisotopic (exact) mass is 373 g/mol. The van der Waals surface area contributed by atoms with Crippen molar-refractivity contribution >= 4 is 17.5 Å². The van der Waals surface area contributed by atoms with Crippen molar-refractivity contribution in [2.24, 2.45) is 11.7 Å². The van der Waals surface area contributed by atoms with Gasteiger partial charge in [-0.25, -0.2) is 0 Å². The topological polar surface area (TPSA) is 66.6 Å². The minimum atomic E-state index is -0.460. The summed E-state index contributed by atoms with van der Waals surface area (Å²) in [4.78, 5) is 29.5. The first-order chi connectivity index (χ1) is 13.0. The van der Waals surface area contributed by atoms with Gasteiger partial charge < -0.3 is 15.5 Å². The van der Waals surface area contributed by atoms with Crippen LogP contribution in [-0.4, -0.2) is 35.8 Å². The third-order valence-electron chi connectivity index (χ3n) is 5.28. The fraction of sp³-hybridized carbons (Fsp3) is 0.636.